The second-order valence-electron chi connectivity index (χ2n) is 8.44. The molecule has 4 rings (SSSR count). The molecule has 0 heterocycles. The highest BCUT2D eigenvalue weighted by Crippen LogP contribution is 2.60. The van der Waals surface area contributed by atoms with Gasteiger partial charge < -0.3 is 10.6 Å². The van der Waals surface area contributed by atoms with E-state index >= 15 is 0 Å². The maximum atomic E-state index is 12.8. The Kier molecular flexibility index (Phi) is 3.84. The van der Waals surface area contributed by atoms with Crippen molar-refractivity contribution in [2.75, 3.05) is 13.6 Å². The average Bonchev–Trinajstić information content (AvgIpc) is 2.43. The van der Waals surface area contributed by atoms with E-state index in [1.165, 1.54) is 38.5 Å². The third-order valence-corrected chi connectivity index (χ3v) is 6.77. The summed E-state index contributed by atoms with van der Waals surface area (Å²) in [7, 11) is 1.98. The quantitative estimate of drug-likeness (QED) is 0.846. The highest BCUT2D eigenvalue weighted by atomic mass is 16.2. The smallest absolute Gasteiger partial charge is 0.242 e. The molecule has 3 heteroatoms. The molecule has 0 saturated heterocycles. The molecule has 0 radical (unpaired) electrons. The highest BCUT2D eigenvalue weighted by molar-refractivity contribution is 5.85. The number of likely N-dealkylation sites (N-methyl/N-ethyl adjacent to an activating group) is 1. The molecule has 0 aromatic heterocycles. The first kappa shape index (κ1) is 15.3. The largest absolute Gasteiger partial charge is 0.344 e. The Labute approximate surface area is 129 Å². The van der Waals surface area contributed by atoms with Gasteiger partial charge >= 0.3 is 0 Å². The second kappa shape index (κ2) is 5.26. The number of amides is 1. The fourth-order valence-electron chi connectivity index (χ4n) is 5.99. The Morgan fingerprint density at radius 3 is 1.90 bits per heavy atom. The summed E-state index contributed by atoms with van der Waals surface area (Å²) in [6, 6.07) is 0. The summed E-state index contributed by atoms with van der Waals surface area (Å²) in [5, 5.41) is 0. The molecule has 4 aliphatic rings. The lowest BCUT2D eigenvalue weighted by Crippen LogP contribution is -2.57. The van der Waals surface area contributed by atoms with Crippen LogP contribution in [0, 0.1) is 23.2 Å². The minimum atomic E-state index is -0.656. The van der Waals surface area contributed by atoms with E-state index in [-0.39, 0.29) is 5.91 Å². The number of nitrogens with two attached hydrogens (primary N) is 1. The molecule has 4 aliphatic carbocycles. The van der Waals surface area contributed by atoms with Crippen LogP contribution in [-0.4, -0.2) is 29.9 Å². The molecular formula is C18H32N2O. The molecule has 0 aliphatic heterocycles. The number of nitrogens with zero attached hydrogens (tertiary/aromatic N) is 1. The molecule has 0 aromatic rings. The van der Waals surface area contributed by atoms with Crippen LogP contribution >= 0.6 is 0 Å². The van der Waals surface area contributed by atoms with Gasteiger partial charge in [0.1, 0.15) is 0 Å². The lowest BCUT2D eigenvalue weighted by molar-refractivity contribution is -0.141. The zero-order chi connectivity index (χ0) is 15.3. The standard InChI is InChI=1S/C18H32N2O/c1-4-18(19,5-2)16(21)20(3)12-17-9-13-6-14(10-17)8-15(7-13)11-17/h13-15H,4-12,19H2,1-3H3. The molecule has 1 amide bonds. The summed E-state index contributed by atoms with van der Waals surface area (Å²) in [5.74, 6) is 2.99. The second-order valence-corrected chi connectivity index (χ2v) is 8.44. The highest BCUT2D eigenvalue weighted by Gasteiger charge is 2.51. The van der Waals surface area contributed by atoms with Crippen LogP contribution in [0.15, 0.2) is 0 Å². The van der Waals surface area contributed by atoms with Crippen LogP contribution in [0.25, 0.3) is 0 Å². The summed E-state index contributed by atoms with van der Waals surface area (Å²) < 4.78 is 0. The summed E-state index contributed by atoms with van der Waals surface area (Å²) in [6.07, 6.45) is 9.90. The van der Waals surface area contributed by atoms with Crippen LogP contribution in [0.5, 0.6) is 0 Å². The van der Waals surface area contributed by atoms with E-state index in [1.54, 1.807) is 0 Å². The van der Waals surface area contributed by atoms with Crippen LogP contribution in [0.3, 0.4) is 0 Å². The van der Waals surface area contributed by atoms with Crippen molar-refractivity contribution in [3.63, 3.8) is 0 Å². The van der Waals surface area contributed by atoms with E-state index in [4.69, 9.17) is 5.73 Å². The predicted octanol–water partition coefficient (Wildman–Crippen LogP) is 3.18. The Hall–Kier alpha value is -0.570. The molecule has 21 heavy (non-hydrogen) atoms. The van der Waals surface area contributed by atoms with E-state index in [0.717, 1.165) is 37.1 Å². The number of carbonyl (C=O) groups is 1. The normalized spacial score (nSPS) is 37.8. The van der Waals surface area contributed by atoms with Gasteiger partial charge in [-0.05, 0) is 74.5 Å². The minimum absolute atomic E-state index is 0.156. The lowest BCUT2D eigenvalue weighted by atomic mass is 9.49. The monoisotopic (exact) mass is 292 g/mol. The number of carbonyl (C=O) groups excluding carboxylic acids is 1. The molecule has 0 spiro atoms. The van der Waals surface area contributed by atoms with Crippen LogP contribution in [0.1, 0.15) is 65.2 Å². The van der Waals surface area contributed by atoms with Gasteiger partial charge in [-0.15, -0.1) is 0 Å². The topological polar surface area (TPSA) is 46.3 Å². The molecule has 0 atom stereocenters. The van der Waals surface area contributed by atoms with Gasteiger partial charge in [0.25, 0.3) is 0 Å². The molecule has 0 aromatic carbocycles. The number of hydrogen-bond donors (Lipinski definition) is 1. The third-order valence-electron chi connectivity index (χ3n) is 6.77. The van der Waals surface area contributed by atoms with Gasteiger partial charge in [-0.1, -0.05) is 13.8 Å². The number of hydrogen-bond acceptors (Lipinski definition) is 2. The van der Waals surface area contributed by atoms with E-state index in [2.05, 4.69) is 0 Å². The van der Waals surface area contributed by atoms with Crippen molar-refractivity contribution in [3.05, 3.63) is 0 Å². The van der Waals surface area contributed by atoms with Gasteiger partial charge in [0.2, 0.25) is 5.91 Å². The summed E-state index contributed by atoms with van der Waals surface area (Å²) in [4.78, 5) is 14.7. The molecule has 2 N–H and O–H groups in total. The van der Waals surface area contributed by atoms with Crippen molar-refractivity contribution >= 4 is 5.91 Å². The maximum Gasteiger partial charge on any atom is 0.242 e. The zero-order valence-corrected chi connectivity index (χ0v) is 14.0. The van der Waals surface area contributed by atoms with Gasteiger partial charge in [0, 0.05) is 13.6 Å². The third kappa shape index (κ3) is 2.62. The van der Waals surface area contributed by atoms with Gasteiger partial charge in [-0.2, -0.15) is 0 Å². The van der Waals surface area contributed by atoms with E-state index in [0.29, 0.717) is 5.41 Å². The van der Waals surface area contributed by atoms with Crippen molar-refractivity contribution in [2.24, 2.45) is 28.9 Å². The molecule has 4 fully saturated rings. The molecule has 4 bridgehead atoms. The van der Waals surface area contributed by atoms with Crippen LogP contribution in [0.4, 0.5) is 0 Å². The van der Waals surface area contributed by atoms with Crippen molar-refractivity contribution in [1.82, 2.24) is 4.90 Å². The fourth-order valence-corrected chi connectivity index (χ4v) is 5.99. The molecule has 3 nitrogen and oxygen atoms in total. The van der Waals surface area contributed by atoms with Gasteiger partial charge in [0.05, 0.1) is 5.54 Å². The summed E-state index contributed by atoms with van der Waals surface area (Å²) in [6.45, 7) is 4.99. The molecular weight excluding hydrogens is 260 g/mol. The summed E-state index contributed by atoms with van der Waals surface area (Å²) in [5.41, 5.74) is 6.08. The number of rotatable bonds is 5. The van der Waals surface area contributed by atoms with Crippen LogP contribution in [0.2, 0.25) is 0 Å². The first-order valence-corrected chi connectivity index (χ1v) is 8.94. The van der Waals surface area contributed by atoms with Crippen LogP contribution < -0.4 is 5.73 Å². The first-order valence-electron chi connectivity index (χ1n) is 8.94. The fraction of sp³-hybridized carbons (Fsp3) is 0.944. The van der Waals surface area contributed by atoms with Crippen molar-refractivity contribution in [3.8, 4) is 0 Å². The average molecular weight is 292 g/mol. The van der Waals surface area contributed by atoms with Crippen LogP contribution in [-0.2, 0) is 4.79 Å². The molecule has 0 unspecified atom stereocenters. The van der Waals surface area contributed by atoms with E-state index in [9.17, 15) is 4.79 Å². The first-order chi connectivity index (χ1) is 9.89. The van der Waals surface area contributed by atoms with Crippen molar-refractivity contribution in [2.45, 2.75) is 70.8 Å². The Balaban J connectivity index is 1.70. The predicted molar refractivity (Wildman–Crippen MR) is 85.7 cm³/mol. The Morgan fingerprint density at radius 1 is 1.10 bits per heavy atom. The zero-order valence-electron chi connectivity index (χ0n) is 14.0. The molecule has 4 saturated carbocycles. The van der Waals surface area contributed by atoms with Crippen molar-refractivity contribution < 1.29 is 4.79 Å². The minimum Gasteiger partial charge on any atom is -0.344 e. The Bertz CT molecular complexity index is 378. The van der Waals surface area contributed by atoms with Gasteiger partial charge in [-0.25, -0.2) is 0 Å². The SMILES string of the molecule is CCC(N)(CC)C(=O)N(C)CC12CC3CC(CC(C3)C1)C2. The van der Waals surface area contributed by atoms with Gasteiger partial charge in [0.15, 0.2) is 0 Å². The Morgan fingerprint density at radius 2 is 1.52 bits per heavy atom. The summed E-state index contributed by atoms with van der Waals surface area (Å²) >= 11 is 0. The lowest BCUT2D eigenvalue weighted by Gasteiger charge is -2.57. The van der Waals surface area contributed by atoms with E-state index in [1.807, 2.05) is 25.8 Å². The van der Waals surface area contributed by atoms with Crippen molar-refractivity contribution in [1.29, 1.82) is 0 Å². The molecule has 120 valence electrons. The van der Waals surface area contributed by atoms with E-state index < -0.39 is 5.54 Å². The van der Waals surface area contributed by atoms with Gasteiger partial charge in [-0.3, -0.25) is 4.79 Å². The maximum absolute atomic E-state index is 12.8.